The van der Waals surface area contributed by atoms with Gasteiger partial charge in [-0.1, -0.05) is 71.4 Å². The maximum atomic E-state index is 14.6. The van der Waals surface area contributed by atoms with E-state index < -0.39 is 17.8 Å². The van der Waals surface area contributed by atoms with Gasteiger partial charge < -0.3 is 15.0 Å². The van der Waals surface area contributed by atoms with E-state index in [0.717, 1.165) is 27.6 Å². The van der Waals surface area contributed by atoms with Crippen molar-refractivity contribution in [2.75, 3.05) is 13.2 Å². The Hall–Kier alpha value is -3.19. The van der Waals surface area contributed by atoms with Crippen LogP contribution in [0.4, 0.5) is 4.39 Å². The number of halogens is 2. The first-order valence-electron chi connectivity index (χ1n) is 12.0. The summed E-state index contributed by atoms with van der Waals surface area (Å²) in [4.78, 5) is 28.3. The van der Waals surface area contributed by atoms with Gasteiger partial charge in [0.25, 0.3) is 5.91 Å². The van der Waals surface area contributed by atoms with E-state index in [1.807, 2.05) is 63.2 Å². The van der Waals surface area contributed by atoms with Crippen molar-refractivity contribution >= 4 is 27.7 Å². The molecule has 0 aliphatic carbocycles. The molecule has 7 heteroatoms. The Labute approximate surface area is 220 Å². The number of hydrogen-bond donors (Lipinski definition) is 1. The van der Waals surface area contributed by atoms with Crippen molar-refractivity contribution in [2.24, 2.45) is 0 Å². The topological polar surface area (TPSA) is 58.6 Å². The second-order valence-electron chi connectivity index (χ2n) is 8.77. The van der Waals surface area contributed by atoms with Crippen LogP contribution in [-0.2, 0) is 22.6 Å². The molecule has 2 amide bonds. The monoisotopic (exact) mass is 554 g/mol. The molecule has 3 aromatic rings. The molecule has 190 valence electrons. The number of nitrogens with one attached hydrogen (secondary N) is 1. The third-order valence-electron chi connectivity index (χ3n) is 5.89. The Bertz CT molecular complexity index is 1160. The number of carbonyl (C=O) groups is 2. The van der Waals surface area contributed by atoms with Crippen molar-refractivity contribution in [2.45, 2.75) is 46.2 Å². The highest BCUT2D eigenvalue weighted by Gasteiger charge is 2.31. The number of aryl methyl sites for hydroxylation is 2. The molecule has 0 spiro atoms. The molecular weight excluding hydrogens is 523 g/mol. The molecule has 0 saturated carbocycles. The molecular formula is C29H32BrFN2O3. The average molecular weight is 555 g/mol. The Kier molecular flexibility index (Phi) is 10.1. The van der Waals surface area contributed by atoms with Gasteiger partial charge in [-0.15, -0.1) is 0 Å². The molecule has 0 heterocycles. The molecule has 0 bridgehead atoms. The first kappa shape index (κ1) is 27.4. The molecule has 5 nitrogen and oxygen atoms in total. The maximum absolute atomic E-state index is 14.6. The Balaban J connectivity index is 1.92. The highest BCUT2D eigenvalue weighted by molar-refractivity contribution is 9.10. The predicted molar refractivity (Wildman–Crippen MR) is 143 cm³/mol. The Morgan fingerprint density at radius 1 is 1.03 bits per heavy atom. The van der Waals surface area contributed by atoms with E-state index in [4.69, 9.17) is 4.74 Å². The summed E-state index contributed by atoms with van der Waals surface area (Å²) in [5.74, 6) is -0.546. The summed E-state index contributed by atoms with van der Waals surface area (Å²) in [6.07, 6.45) is 1.06. The lowest BCUT2D eigenvalue weighted by atomic mass is 10.0. The zero-order valence-corrected chi connectivity index (χ0v) is 22.5. The molecule has 0 aromatic heterocycles. The normalized spacial score (nSPS) is 11.6. The van der Waals surface area contributed by atoms with Gasteiger partial charge in [0.05, 0.1) is 0 Å². The van der Waals surface area contributed by atoms with Gasteiger partial charge in [-0.3, -0.25) is 9.59 Å². The van der Waals surface area contributed by atoms with Crippen molar-refractivity contribution in [3.05, 3.63) is 99.3 Å². The summed E-state index contributed by atoms with van der Waals surface area (Å²) in [5.41, 5.74) is 3.21. The Morgan fingerprint density at radius 2 is 1.67 bits per heavy atom. The van der Waals surface area contributed by atoms with Crippen LogP contribution in [0.2, 0.25) is 0 Å². The van der Waals surface area contributed by atoms with Gasteiger partial charge in [-0.2, -0.15) is 0 Å². The quantitative estimate of drug-likeness (QED) is 0.328. The molecule has 1 atom stereocenters. The van der Waals surface area contributed by atoms with E-state index in [-0.39, 0.29) is 19.1 Å². The lowest BCUT2D eigenvalue weighted by molar-refractivity contribution is -0.142. The molecule has 0 radical (unpaired) electrons. The van der Waals surface area contributed by atoms with Crippen LogP contribution in [0.15, 0.2) is 71.2 Å². The van der Waals surface area contributed by atoms with Crippen molar-refractivity contribution in [1.29, 1.82) is 0 Å². The van der Waals surface area contributed by atoms with E-state index in [2.05, 4.69) is 21.2 Å². The van der Waals surface area contributed by atoms with Crippen LogP contribution in [0, 0.1) is 19.7 Å². The average Bonchev–Trinajstić information content (AvgIpc) is 2.88. The zero-order chi connectivity index (χ0) is 26.1. The van der Waals surface area contributed by atoms with Gasteiger partial charge >= 0.3 is 0 Å². The number of nitrogens with zero attached hydrogens (tertiary/aromatic N) is 1. The number of ether oxygens (including phenoxy) is 1. The van der Waals surface area contributed by atoms with E-state index in [1.165, 1.54) is 11.0 Å². The summed E-state index contributed by atoms with van der Waals surface area (Å²) in [5, 5.41) is 2.91. The van der Waals surface area contributed by atoms with Crippen LogP contribution in [0.3, 0.4) is 0 Å². The van der Waals surface area contributed by atoms with Gasteiger partial charge in [0, 0.05) is 29.5 Å². The van der Waals surface area contributed by atoms with E-state index in [0.29, 0.717) is 24.3 Å². The zero-order valence-electron chi connectivity index (χ0n) is 20.9. The second-order valence-corrected chi connectivity index (χ2v) is 9.56. The molecule has 0 fully saturated rings. The molecule has 3 aromatic carbocycles. The first-order chi connectivity index (χ1) is 17.3. The van der Waals surface area contributed by atoms with Crippen LogP contribution in [0.25, 0.3) is 0 Å². The second kappa shape index (κ2) is 13.2. The lowest BCUT2D eigenvalue weighted by Gasteiger charge is -2.31. The smallest absolute Gasteiger partial charge is 0.261 e. The third-order valence-corrected chi connectivity index (χ3v) is 7.14. The van der Waals surface area contributed by atoms with Crippen LogP contribution in [0.5, 0.6) is 5.75 Å². The van der Waals surface area contributed by atoms with Crippen molar-refractivity contribution < 1.29 is 18.7 Å². The van der Waals surface area contributed by atoms with E-state index in [9.17, 15) is 14.0 Å². The fraction of sp³-hybridized carbons (Fsp3) is 0.310. The summed E-state index contributed by atoms with van der Waals surface area (Å²) >= 11 is 3.54. The lowest BCUT2D eigenvalue weighted by Crippen LogP contribution is -2.52. The molecule has 3 rings (SSSR count). The standard InChI is InChI=1S/C29H32BrFN2O3/c1-4-14-32-29(35)26(17-22-10-6-5-7-11-22)33(18-23-12-8-9-13-25(23)31)27(34)19-36-24-15-20(2)28(30)21(3)16-24/h5-13,15-16,26H,4,14,17-19H2,1-3H3,(H,32,35)/t26-/m1/s1. The molecule has 0 aliphatic heterocycles. The molecule has 0 unspecified atom stereocenters. The van der Waals surface area contributed by atoms with Crippen LogP contribution < -0.4 is 10.1 Å². The minimum Gasteiger partial charge on any atom is -0.484 e. The number of hydrogen-bond acceptors (Lipinski definition) is 3. The van der Waals surface area contributed by atoms with Gasteiger partial charge in [0.15, 0.2) is 6.61 Å². The summed E-state index contributed by atoms with van der Waals surface area (Å²) < 4.78 is 21.5. The fourth-order valence-corrected chi connectivity index (χ4v) is 4.18. The number of benzene rings is 3. The minimum absolute atomic E-state index is 0.0513. The molecule has 0 saturated heterocycles. The largest absolute Gasteiger partial charge is 0.484 e. The highest BCUT2D eigenvalue weighted by Crippen LogP contribution is 2.26. The van der Waals surface area contributed by atoms with E-state index in [1.54, 1.807) is 18.2 Å². The minimum atomic E-state index is -0.831. The number of carbonyl (C=O) groups excluding carboxylic acids is 2. The van der Waals surface area contributed by atoms with E-state index >= 15 is 0 Å². The first-order valence-corrected chi connectivity index (χ1v) is 12.8. The fourth-order valence-electron chi connectivity index (χ4n) is 3.95. The van der Waals surface area contributed by atoms with Crippen LogP contribution >= 0.6 is 15.9 Å². The molecule has 36 heavy (non-hydrogen) atoms. The van der Waals surface area contributed by atoms with Crippen molar-refractivity contribution in [3.63, 3.8) is 0 Å². The van der Waals surface area contributed by atoms with Crippen molar-refractivity contribution in [3.8, 4) is 5.75 Å². The van der Waals surface area contributed by atoms with Gasteiger partial charge in [-0.25, -0.2) is 4.39 Å². The Morgan fingerprint density at radius 3 is 2.31 bits per heavy atom. The third kappa shape index (κ3) is 7.40. The van der Waals surface area contributed by atoms with Gasteiger partial charge in [0.2, 0.25) is 5.91 Å². The van der Waals surface area contributed by atoms with Crippen molar-refractivity contribution in [1.82, 2.24) is 10.2 Å². The highest BCUT2D eigenvalue weighted by atomic mass is 79.9. The maximum Gasteiger partial charge on any atom is 0.261 e. The molecule has 0 aliphatic rings. The summed E-state index contributed by atoms with van der Waals surface area (Å²) in [6.45, 7) is 6.02. The number of rotatable bonds is 11. The number of amides is 2. The predicted octanol–water partition coefficient (Wildman–Crippen LogP) is 5.75. The molecule has 1 N–H and O–H groups in total. The van der Waals surface area contributed by atoms with Gasteiger partial charge in [-0.05, 0) is 55.2 Å². The van der Waals surface area contributed by atoms with Crippen LogP contribution in [0.1, 0.15) is 35.6 Å². The van der Waals surface area contributed by atoms with Gasteiger partial charge in [0.1, 0.15) is 17.6 Å². The summed E-state index contributed by atoms with van der Waals surface area (Å²) in [6, 6.07) is 18.7. The summed E-state index contributed by atoms with van der Waals surface area (Å²) in [7, 11) is 0. The van der Waals surface area contributed by atoms with Crippen LogP contribution in [-0.4, -0.2) is 35.9 Å². The SMILES string of the molecule is CCCNC(=O)[C@@H](Cc1ccccc1)N(Cc1ccccc1F)C(=O)COc1cc(C)c(Br)c(C)c1.